The van der Waals surface area contributed by atoms with E-state index in [1.54, 1.807) is 18.2 Å². The van der Waals surface area contributed by atoms with Gasteiger partial charge in [-0.15, -0.1) is 0 Å². The fraction of sp³-hybridized carbons (Fsp3) is 0.111. The van der Waals surface area contributed by atoms with Crippen molar-refractivity contribution in [1.29, 1.82) is 0 Å². The Morgan fingerprint density at radius 3 is 2.54 bits per heavy atom. The molecule has 0 atom stereocenters. The van der Waals surface area contributed by atoms with Crippen LogP contribution in [0.25, 0.3) is 28.2 Å². The van der Waals surface area contributed by atoms with E-state index < -0.39 is 0 Å². The molecule has 0 bridgehead atoms. The fourth-order valence-electron chi connectivity index (χ4n) is 2.81. The van der Waals surface area contributed by atoms with Gasteiger partial charge in [-0.05, 0) is 43.7 Å². The third-order valence-electron chi connectivity index (χ3n) is 3.92. The molecule has 0 aliphatic heterocycles. The molecule has 6 heteroatoms. The van der Waals surface area contributed by atoms with Gasteiger partial charge in [0, 0.05) is 17.3 Å². The Morgan fingerprint density at radius 2 is 1.88 bits per heavy atom. The molecule has 1 N–H and O–H groups in total. The average molecular weight is 323 g/mol. The normalized spacial score (nSPS) is 11.3. The molecule has 3 aromatic heterocycles. The van der Waals surface area contributed by atoms with Crippen LogP contribution in [0.4, 0.5) is 4.39 Å². The van der Waals surface area contributed by atoms with Crippen molar-refractivity contribution in [2.24, 2.45) is 0 Å². The van der Waals surface area contributed by atoms with Gasteiger partial charge >= 0.3 is 0 Å². The first-order valence-corrected chi connectivity index (χ1v) is 7.48. The first-order chi connectivity index (χ1) is 11.5. The summed E-state index contributed by atoms with van der Waals surface area (Å²) < 4.78 is 20.2. The van der Waals surface area contributed by atoms with Crippen LogP contribution in [-0.2, 0) is 0 Å². The van der Waals surface area contributed by atoms with E-state index in [4.69, 9.17) is 4.42 Å². The largest absolute Gasteiger partial charge is 0.460 e. The lowest BCUT2D eigenvalue weighted by Crippen LogP contribution is -2.14. The van der Waals surface area contributed by atoms with Crippen LogP contribution in [0.1, 0.15) is 11.5 Å². The number of hydrogen-bond donors (Lipinski definition) is 1. The summed E-state index contributed by atoms with van der Waals surface area (Å²) in [5, 5.41) is 3.01. The molecule has 24 heavy (non-hydrogen) atoms. The maximum Gasteiger partial charge on any atom is 0.273 e. The van der Waals surface area contributed by atoms with Crippen molar-refractivity contribution in [2.75, 3.05) is 0 Å². The summed E-state index contributed by atoms with van der Waals surface area (Å²) in [6.07, 6.45) is 0. The molecule has 0 aliphatic rings. The molecule has 5 nitrogen and oxygen atoms in total. The number of halogens is 1. The van der Waals surface area contributed by atoms with Crippen LogP contribution in [0, 0.1) is 19.7 Å². The summed E-state index contributed by atoms with van der Waals surface area (Å²) in [5.41, 5.74) is 3.04. The van der Waals surface area contributed by atoms with Gasteiger partial charge in [-0.25, -0.2) is 13.9 Å². The Morgan fingerprint density at radius 1 is 1.12 bits per heavy atom. The summed E-state index contributed by atoms with van der Waals surface area (Å²) in [6, 6.07) is 11.1. The van der Waals surface area contributed by atoms with E-state index in [2.05, 4.69) is 10.1 Å². The molecular formula is C18H14FN3O2. The number of aromatic nitrogens is 3. The highest BCUT2D eigenvalue weighted by Gasteiger charge is 2.16. The Labute approximate surface area is 136 Å². The quantitative estimate of drug-likeness (QED) is 0.612. The van der Waals surface area contributed by atoms with Crippen LogP contribution < -0.4 is 5.56 Å². The number of aromatic amines is 1. The second kappa shape index (κ2) is 5.19. The van der Waals surface area contributed by atoms with Gasteiger partial charge in [0.1, 0.15) is 17.3 Å². The zero-order chi connectivity index (χ0) is 16.8. The number of nitrogens with zero attached hydrogens (tertiary/aromatic N) is 2. The van der Waals surface area contributed by atoms with E-state index in [-0.39, 0.29) is 11.4 Å². The standard InChI is InChI=1S/C18H14FN3O2/c1-10-3-8-15(24-10)14-9-16(23)22-18(20-14)17(11(2)21-22)12-4-6-13(19)7-5-12/h3-9,21H,1-2H3. The summed E-state index contributed by atoms with van der Waals surface area (Å²) in [7, 11) is 0. The van der Waals surface area contributed by atoms with E-state index in [1.165, 1.54) is 22.7 Å². The van der Waals surface area contributed by atoms with Crippen LogP contribution in [0.2, 0.25) is 0 Å². The highest BCUT2D eigenvalue weighted by atomic mass is 19.1. The van der Waals surface area contributed by atoms with E-state index in [1.807, 2.05) is 19.9 Å². The molecule has 0 unspecified atom stereocenters. The van der Waals surface area contributed by atoms with Crippen LogP contribution in [0.3, 0.4) is 0 Å². The van der Waals surface area contributed by atoms with Crippen molar-refractivity contribution in [1.82, 2.24) is 14.6 Å². The van der Waals surface area contributed by atoms with Crippen LogP contribution in [0.5, 0.6) is 0 Å². The Hall–Kier alpha value is -3.15. The molecule has 3 heterocycles. The number of H-pyrrole nitrogens is 1. The van der Waals surface area contributed by atoms with Crippen molar-refractivity contribution in [3.8, 4) is 22.6 Å². The van der Waals surface area contributed by atoms with Crippen molar-refractivity contribution in [2.45, 2.75) is 13.8 Å². The predicted octanol–water partition coefficient (Wildman–Crippen LogP) is 3.71. The molecule has 4 rings (SSSR count). The molecule has 120 valence electrons. The molecule has 4 aromatic rings. The third-order valence-corrected chi connectivity index (χ3v) is 3.92. The molecule has 0 fully saturated rings. The highest BCUT2D eigenvalue weighted by Crippen LogP contribution is 2.28. The smallest absolute Gasteiger partial charge is 0.273 e. The monoisotopic (exact) mass is 323 g/mol. The molecule has 1 aromatic carbocycles. The summed E-state index contributed by atoms with van der Waals surface area (Å²) in [4.78, 5) is 17.0. The maximum atomic E-state index is 13.2. The highest BCUT2D eigenvalue weighted by molar-refractivity contribution is 5.80. The minimum absolute atomic E-state index is 0.236. The maximum absolute atomic E-state index is 13.2. The minimum Gasteiger partial charge on any atom is -0.460 e. The number of aryl methyl sites for hydroxylation is 2. The lowest BCUT2D eigenvalue weighted by Gasteiger charge is -2.02. The molecule has 0 saturated heterocycles. The van der Waals surface area contributed by atoms with Gasteiger partial charge in [-0.3, -0.25) is 9.89 Å². The second-order valence-corrected chi connectivity index (χ2v) is 5.67. The Balaban J connectivity index is 2.00. The summed E-state index contributed by atoms with van der Waals surface area (Å²) in [5.74, 6) is 0.972. The third kappa shape index (κ3) is 2.23. The molecule has 0 spiro atoms. The van der Waals surface area contributed by atoms with Crippen molar-refractivity contribution >= 4 is 5.65 Å². The fourth-order valence-corrected chi connectivity index (χ4v) is 2.81. The lowest BCUT2D eigenvalue weighted by atomic mass is 10.1. The van der Waals surface area contributed by atoms with Crippen LogP contribution >= 0.6 is 0 Å². The van der Waals surface area contributed by atoms with Crippen molar-refractivity contribution in [3.63, 3.8) is 0 Å². The second-order valence-electron chi connectivity index (χ2n) is 5.67. The minimum atomic E-state index is -0.312. The SMILES string of the molecule is Cc1ccc(-c2cc(=O)n3[nH]c(C)c(-c4ccc(F)cc4)c3n2)o1. The number of fused-ring (bicyclic) bond motifs is 1. The predicted molar refractivity (Wildman–Crippen MR) is 88.4 cm³/mol. The topological polar surface area (TPSA) is 63.3 Å². The van der Waals surface area contributed by atoms with Gasteiger partial charge in [-0.1, -0.05) is 12.1 Å². The van der Waals surface area contributed by atoms with E-state index in [0.29, 0.717) is 17.1 Å². The molecular weight excluding hydrogens is 309 g/mol. The van der Waals surface area contributed by atoms with Crippen LogP contribution in [-0.4, -0.2) is 14.6 Å². The molecule has 0 radical (unpaired) electrons. The Kier molecular flexibility index (Phi) is 3.13. The number of benzene rings is 1. The van der Waals surface area contributed by atoms with Gasteiger partial charge in [0.2, 0.25) is 0 Å². The zero-order valence-corrected chi connectivity index (χ0v) is 13.1. The van der Waals surface area contributed by atoms with Gasteiger partial charge in [0.05, 0.1) is 0 Å². The molecule has 0 saturated carbocycles. The summed E-state index contributed by atoms with van der Waals surface area (Å²) >= 11 is 0. The van der Waals surface area contributed by atoms with E-state index in [0.717, 1.165) is 22.6 Å². The van der Waals surface area contributed by atoms with Crippen molar-refractivity contribution < 1.29 is 8.81 Å². The Bertz CT molecular complexity index is 1100. The number of furan rings is 1. The first-order valence-electron chi connectivity index (χ1n) is 7.48. The van der Waals surface area contributed by atoms with Crippen molar-refractivity contribution in [3.05, 3.63) is 70.1 Å². The number of rotatable bonds is 2. The van der Waals surface area contributed by atoms with Gasteiger partial charge in [0.25, 0.3) is 5.56 Å². The van der Waals surface area contributed by atoms with Crippen LogP contribution in [0.15, 0.2) is 51.7 Å². The lowest BCUT2D eigenvalue weighted by molar-refractivity contribution is 0.546. The zero-order valence-electron chi connectivity index (χ0n) is 13.1. The van der Waals surface area contributed by atoms with E-state index >= 15 is 0 Å². The molecule has 0 amide bonds. The summed E-state index contributed by atoms with van der Waals surface area (Å²) in [6.45, 7) is 3.68. The average Bonchev–Trinajstić information content (AvgIpc) is 3.12. The van der Waals surface area contributed by atoms with Gasteiger partial charge in [0.15, 0.2) is 11.4 Å². The first kappa shape index (κ1) is 14.4. The van der Waals surface area contributed by atoms with Gasteiger partial charge < -0.3 is 4.42 Å². The molecule has 0 aliphatic carbocycles. The number of nitrogens with one attached hydrogen (secondary N) is 1. The number of hydrogen-bond acceptors (Lipinski definition) is 3. The van der Waals surface area contributed by atoms with E-state index in [9.17, 15) is 9.18 Å². The van der Waals surface area contributed by atoms with Gasteiger partial charge in [-0.2, -0.15) is 0 Å².